The molecule has 0 aliphatic heterocycles. The van der Waals surface area contributed by atoms with E-state index >= 15 is 0 Å². The van der Waals surface area contributed by atoms with Crippen LogP contribution < -0.4 is 4.90 Å². The average Bonchev–Trinajstić information content (AvgIpc) is 2.83. The number of rotatable bonds is 6. The highest BCUT2D eigenvalue weighted by Crippen LogP contribution is 2.25. The van der Waals surface area contributed by atoms with E-state index in [2.05, 4.69) is 4.98 Å². The maximum absolute atomic E-state index is 13.9. The van der Waals surface area contributed by atoms with Gasteiger partial charge in [0.25, 0.3) is 5.91 Å². The molecular formula is C27H22N2O. The predicted octanol–water partition coefficient (Wildman–Crippen LogP) is 5.86. The summed E-state index contributed by atoms with van der Waals surface area (Å²) in [6.07, 6.45) is 3.66. The average molecular weight is 390 g/mol. The maximum Gasteiger partial charge on any atom is 0.260 e. The van der Waals surface area contributed by atoms with Crippen molar-refractivity contribution in [1.29, 1.82) is 0 Å². The van der Waals surface area contributed by atoms with Crippen LogP contribution in [0.4, 0.5) is 5.82 Å². The van der Waals surface area contributed by atoms with Gasteiger partial charge >= 0.3 is 0 Å². The van der Waals surface area contributed by atoms with Gasteiger partial charge < -0.3 is 0 Å². The molecule has 1 aromatic heterocycles. The Kier molecular flexibility index (Phi) is 6.11. The van der Waals surface area contributed by atoms with Gasteiger partial charge in [0, 0.05) is 11.8 Å². The van der Waals surface area contributed by atoms with Crippen molar-refractivity contribution < 1.29 is 4.79 Å². The molecule has 0 aliphatic carbocycles. The van der Waals surface area contributed by atoms with E-state index in [4.69, 9.17) is 0 Å². The molecule has 146 valence electrons. The molecule has 0 unspecified atom stereocenters. The maximum atomic E-state index is 13.9. The molecule has 0 bridgehead atoms. The van der Waals surface area contributed by atoms with Gasteiger partial charge in [-0.3, -0.25) is 9.69 Å². The molecular weight excluding hydrogens is 368 g/mol. The van der Waals surface area contributed by atoms with Crippen LogP contribution in [0.5, 0.6) is 0 Å². The van der Waals surface area contributed by atoms with E-state index in [1.165, 1.54) is 0 Å². The van der Waals surface area contributed by atoms with E-state index in [9.17, 15) is 4.79 Å². The molecule has 0 radical (unpaired) electrons. The van der Waals surface area contributed by atoms with Crippen molar-refractivity contribution in [2.24, 2.45) is 0 Å². The van der Waals surface area contributed by atoms with Gasteiger partial charge in [-0.25, -0.2) is 4.98 Å². The van der Waals surface area contributed by atoms with Crippen LogP contribution in [-0.2, 0) is 11.3 Å². The van der Waals surface area contributed by atoms with Gasteiger partial charge in [-0.05, 0) is 34.9 Å². The number of hydrogen-bond donors (Lipinski definition) is 0. The Balaban J connectivity index is 1.79. The zero-order chi connectivity index (χ0) is 20.6. The van der Waals surface area contributed by atoms with Gasteiger partial charge in [0.2, 0.25) is 0 Å². The summed E-state index contributed by atoms with van der Waals surface area (Å²) in [6.45, 7) is 0.440. The summed E-state index contributed by atoms with van der Waals surface area (Å²) < 4.78 is 0. The Morgan fingerprint density at radius 3 is 1.97 bits per heavy atom. The minimum absolute atomic E-state index is 0.0902. The molecule has 3 aromatic carbocycles. The van der Waals surface area contributed by atoms with E-state index in [0.717, 1.165) is 16.7 Å². The summed E-state index contributed by atoms with van der Waals surface area (Å²) >= 11 is 0. The second-order valence-electron chi connectivity index (χ2n) is 6.90. The lowest BCUT2D eigenvalue weighted by Crippen LogP contribution is -2.31. The highest BCUT2D eigenvalue weighted by molar-refractivity contribution is 6.29. The van der Waals surface area contributed by atoms with Crippen LogP contribution in [-0.4, -0.2) is 10.9 Å². The van der Waals surface area contributed by atoms with Crippen LogP contribution in [0.2, 0.25) is 0 Å². The predicted molar refractivity (Wildman–Crippen MR) is 123 cm³/mol. The quantitative estimate of drug-likeness (QED) is 0.305. The smallest absolute Gasteiger partial charge is 0.260 e. The zero-order valence-electron chi connectivity index (χ0n) is 16.6. The third kappa shape index (κ3) is 4.70. The van der Waals surface area contributed by atoms with E-state index in [0.29, 0.717) is 17.9 Å². The second-order valence-corrected chi connectivity index (χ2v) is 6.90. The van der Waals surface area contributed by atoms with Gasteiger partial charge in [0.05, 0.1) is 6.54 Å². The lowest BCUT2D eigenvalue weighted by molar-refractivity contribution is -0.113. The van der Waals surface area contributed by atoms with E-state index in [1.54, 1.807) is 11.1 Å². The Morgan fingerprint density at radius 1 is 0.733 bits per heavy atom. The normalized spacial score (nSPS) is 11.1. The van der Waals surface area contributed by atoms with Crippen LogP contribution in [0.3, 0.4) is 0 Å². The third-order valence-electron chi connectivity index (χ3n) is 4.78. The summed E-state index contributed by atoms with van der Waals surface area (Å²) in [5.41, 5.74) is 3.53. The van der Waals surface area contributed by atoms with Crippen LogP contribution in [0.1, 0.15) is 16.7 Å². The van der Waals surface area contributed by atoms with Gasteiger partial charge in [-0.15, -0.1) is 0 Å². The Labute approximate surface area is 177 Å². The topological polar surface area (TPSA) is 33.2 Å². The van der Waals surface area contributed by atoms with Crippen molar-refractivity contribution in [3.63, 3.8) is 0 Å². The van der Waals surface area contributed by atoms with Gasteiger partial charge in [-0.2, -0.15) is 0 Å². The molecule has 4 aromatic rings. The fraction of sp³-hybridized carbons (Fsp3) is 0.0370. The fourth-order valence-electron chi connectivity index (χ4n) is 3.28. The lowest BCUT2D eigenvalue weighted by atomic mass is 10.0. The number of nitrogens with zero attached hydrogens (tertiary/aromatic N) is 2. The van der Waals surface area contributed by atoms with Crippen molar-refractivity contribution in [3.8, 4) is 0 Å². The van der Waals surface area contributed by atoms with Crippen molar-refractivity contribution in [2.45, 2.75) is 6.54 Å². The van der Waals surface area contributed by atoms with Crippen molar-refractivity contribution in [1.82, 2.24) is 4.98 Å². The third-order valence-corrected chi connectivity index (χ3v) is 4.78. The summed E-state index contributed by atoms with van der Waals surface area (Å²) in [5, 5.41) is 0. The molecule has 0 saturated carbocycles. The molecule has 1 heterocycles. The van der Waals surface area contributed by atoms with E-state index in [1.807, 2.05) is 115 Å². The second kappa shape index (κ2) is 9.48. The summed E-state index contributed by atoms with van der Waals surface area (Å²) in [7, 11) is 0. The van der Waals surface area contributed by atoms with E-state index in [-0.39, 0.29) is 5.91 Å². The first-order valence-electron chi connectivity index (χ1n) is 9.90. The number of aromatic nitrogens is 1. The van der Waals surface area contributed by atoms with Gasteiger partial charge in [-0.1, -0.05) is 97.1 Å². The number of pyridine rings is 1. The van der Waals surface area contributed by atoms with E-state index < -0.39 is 0 Å². The fourth-order valence-corrected chi connectivity index (χ4v) is 3.28. The van der Waals surface area contributed by atoms with Crippen molar-refractivity contribution in [3.05, 3.63) is 132 Å². The summed E-state index contributed by atoms with van der Waals surface area (Å²) in [5.74, 6) is 0.536. The number of anilines is 1. The Bertz CT molecular complexity index is 1110. The van der Waals surface area contributed by atoms with Crippen LogP contribution >= 0.6 is 0 Å². The molecule has 4 rings (SSSR count). The van der Waals surface area contributed by atoms with Crippen LogP contribution in [0.25, 0.3) is 11.6 Å². The monoisotopic (exact) mass is 390 g/mol. The molecule has 0 aliphatic rings. The first kappa shape index (κ1) is 19.3. The lowest BCUT2D eigenvalue weighted by Gasteiger charge is -2.23. The van der Waals surface area contributed by atoms with Gasteiger partial charge in [0.15, 0.2) is 0 Å². The Hall–Kier alpha value is -3.98. The molecule has 30 heavy (non-hydrogen) atoms. The standard InChI is InChI=1S/C27H22N2O/c30-27(25(24-16-8-3-9-17-24)20-22-12-4-1-5-13-22)29(26-18-10-11-19-28-26)21-23-14-6-2-7-15-23/h1-20H,21H2. The molecule has 0 atom stereocenters. The molecule has 0 spiro atoms. The van der Waals surface area contributed by atoms with Crippen molar-refractivity contribution >= 4 is 23.4 Å². The number of benzene rings is 3. The minimum Gasteiger partial charge on any atom is -0.288 e. The molecule has 0 N–H and O–H groups in total. The number of carbonyl (C=O) groups excluding carboxylic acids is 1. The Morgan fingerprint density at radius 2 is 1.33 bits per heavy atom. The summed E-state index contributed by atoms with van der Waals surface area (Å²) in [4.78, 5) is 20.1. The largest absolute Gasteiger partial charge is 0.288 e. The van der Waals surface area contributed by atoms with Gasteiger partial charge in [0.1, 0.15) is 5.82 Å². The minimum atomic E-state index is -0.0902. The first-order chi connectivity index (χ1) is 14.8. The van der Waals surface area contributed by atoms with Crippen molar-refractivity contribution in [2.75, 3.05) is 4.90 Å². The summed E-state index contributed by atoms with van der Waals surface area (Å²) in [6, 6.07) is 35.3. The molecule has 0 saturated heterocycles. The first-order valence-corrected chi connectivity index (χ1v) is 9.90. The zero-order valence-corrected chi connectivity index (χ0v) is 16.6. The number of carbonyl (C=O) groups is 1. The van der Waals surface area contributed by atoms with Crippen LogP contribution in [0, 0.1) is 0 Å². The SMILES string of the molecule is O=C(C(=Cc1ccccc1)c1ccccc1)N(Cc1ccccc1)c1ccccn1. The molecule has 3 nitrogen and oxygen atoms in total. The van der Waals surface area contributed by atoms with Crippen LogP contribution in [0.15, 0.2) is 115 Å². The molecule has 3 heteroatoms. The molecule has 0 fully saturated rings. The number of amides is 1. The number of hydrogen-bond acceptors (Lipinski definition) is 2. The highest BCUT2D eigenvalue weighted by atomic mass is 16.2. The highest BCUT2D eigenvalue weighted by Gasteiger charge is 2.22. The molecule has 1 amide bonds.